The fourth-order valence-corrected chi connectivity index (χ4v) is 3.64. The maximum Gasteiger partial charge on any atom is 0.253 e. The average molecular weight is 390 g/mol. The van der Waals surface area contributed by atoms with Crippen LogP contribution in [0.3, 0.4) is 0 Å². The zero-order valence-electron chi connectivity index (χ0n) is 16.9. The summed E-state index contributed by atoms with van der Waals surface area (Å²) in [6.45, 7) is 5.47. The first-order valence-electron chi connectivity index (χ1n) is 10.1. The van der Waals surface area contributed by atoms with E-state index in [2.05, 4.69) is 28.8 Å². The van der Waals surface area contributed by atoms with Gasteiger partial charge in [-0.15, -0.1) is 0 Å². The van der Waals surface area contributed by atoms with Crippen LogP contribution in [-0.4, -0.2) is 63.9 Å². The number of likely N-dealkylation sites (N-methyl/N-ethyl adjacent to an activating group) is 1. The van der Waals surface area contributed by atoms with Crippen LogP contribution in [-0.2, 0) is 6.42 Å². The lowest BCUT2D eigenvalue weighted by Gasteiger charge is -2.32. The minimum absolute atomic E-state index is 0.0882. The van der Waals surface area contributed by atoms with Crippen molar-refractivity contribution in [3.8, 4) is 11.3 Å². The summed E-state index contributed by atoms with van der Waals surface area (Å²) in [6, 6.07) is 11.5. The second-order valence-corrected chi connectivity index (χ2v) is 7.52. The van der Waals surface area contributed by atoms with Crippen molar-refractivity contribution >= 4 is 22.9 Å². The first-order chi connectivity index (χ1) is 14.0. The first kappa shape index (κ1) is 19.3. The number of amides is 1. The summed E-state index contributed by atoms with van der Waals surface area (Å²) in [4.78, 5) is 30.4. The molecule has 1 fully saturated rings. The smallest absolute Gasteiger partial charge is 0.253 e. The molecule has 7 heteroatoms. The number of carbonyl (C=O) groups excluding carboxylic acids is 1. The summed E-state index contributed by atoms with van der Waals surface area (Å²) < 4.78 is 0. The molecule has 2 aromatic heterocycles. The molecule has 1 saturated heterocycles. The molecule has 0 radical (unpaired) electrons. The fraction of sp³-hybridized carbons (Fsp3) is 0.364. The summed E-state index contributed by atoms with van der Waals surface area (Å²) in [5.41, 5.74) is 10.8. The number of hydrogen-bond donors (Lipinski definition) is 1. The predicted octanol–water partition coefficient (Wildman–Crippen LogP) is 2.61. The van der Waals surface area contributed by atoms with Crippen LogP contribution in [0.15, 0.2) is 36.4 Å². The second kappa shape index (κ2) is 8.13. The Bertz CT molecular complexity index is 1030. The zero-order chi connectivity index (χ0) is 20.4. The van der Waals surface area contributed by atoms with Crippen molar-refractivity contribution < 1.29 is 4.79 Å². The van der Waals surface area contributed by atoms with Gasteiger partial charge in [-0.05, 0) is 37.7 Å². The molecular formula is C22H26N6O. The van der Waals surface area contributed by atoms with Crippen LogP contribution in [0.2, 0.25) is 0 Å². The predicted molar refractivity (Wildman–Crippen MR) is 115 cm³/mol. The number of hydrogen-bond acceptors (Lipinski definition) is 6. The van der Waals surface area contributed by atoms with E-state index < -0.39 is 0 Å². The Morgan fingerprint density at radius 2 is 1.72 bits per heavy atom. The third-order valence-electron chi connectivity index (χ3n) is 5.34. The van der Waals surface area contributed by atoms with Gasteiger partial charge < -0.3 is 15.5 Å². The monoisotopic (exact) mass is 390 g/mol. The number of carbonyl (C=O) groups is 1. The molecule has 2 N–H and O–H groups in total. The van der Waals surface area contributed by atoms with Crippen LogP contribution in [0, 0.1) is 0 Å². The zero-order valence-corrected chi connectivity index (χ0v) is 16.9. The Labute approximate surface area is 170 Å². The van der Waals surface area contributed by atoms with Gasteiger partial charge in [-0.2, -0.15) is 0 Å². The minimum Gasteiger partial charge on any atom is -0.368 e. The number of rotatable bonds is 4. The number of anilines is 1. The molecule has 3 heterocycles. The Morgan fingerprint density at radius 1 is 1.00 bits per heavy atom. The Kier molecular flexibility index (Phi) is 5.40. The van der Waals surface area contributed by atoms with Crippen molar-refractivity contribution in [2.45, 2.75) is 19.8 Å². The lowest BCUT2D eigenvalue weighted by atomic mass is 10.1. The van der Waals surface area contributed by atoms with Crippen LogP contribution in [0.25, 0.3) is 22.3 Å². The Morgan fingerprint density at radius 3 is 2.41 bits per heavy atom. The van der Waals surface area contributed by atoms with E-state index in [1.807, 2.05) is 41.3 Å². The van der Waals surface area contributed by atoms with Gasteiger partial charge in [0.1, 0.15) is 5.52 Å². The van der Waals surface area contributed by atoms with Crippen LogP contribution < -0.4 is 5.73 Å². The molecule has 0 saturated carbocycles. The third kappa shape index (κ3) is 4.05. The molecule has 7 nitrogen and oxygen atoms in total. The number of nitrogens with two attached hydrogens (primary N) is 1. The lowest BCUT2D eigenvalue weighted by molar-refractivity contribution is 0.0664. The van der Waals surface area contributed by atoms with Gasteiger partial charge >= 0.3 is 0 Å². The van der Waals surface area contributed by atoms with Crippen LogP contribution in [0.5, 0.6) is 0 Å². The van der Waals surface area contributed by atoms with Crippen molar-refractivity contribution in [1.29, 1.82) is 0 Å². The summed E-state index contributed by atoms with van der Waals surface area (Å²) >= 11 is 0. The normalized spacial score (nSPS) is 15.0. The van der Waals surface area contributed by atoms with Crippen molar-refractivity contribution in [2.24, 2.45) is 0 Å². The number of benzene rings is 1. The van der Waals surface area contributed by atoms with Crippen LogP contribution >= 0.6 is 0 Å². The number of piperazine rings is 1. The highest BCUT2D eigenvalue weighted by Gasteiger charge is 2.20. The van der Waals surface area contributed by atoms with Gasteiger partial charge in [-0.1, -0.05) is 25.5 Å². The van der Waals surface area contributed by atoms with E-state index in [9.17, 15) is 4.79 Å². The van der Waals surface area contributed by atoms with Gasteiger partial charge in [0.2, 0.25) is 5.95 Å². The van der Waals surface area contributed by atoms with Gasteiger partial charge in [0, 0.05) is 37.3 Å². The van der Waals surface area contributed by atoms with Crippen LogP contribution in [0.4, 0.5) is 5.95 Å². The molecule has 3 aromatic rings. The maximum atomic E-state index is 12.7. The summed E-state index contributed by atoms with van der Waals surface area (Å²) in [6.07, 6.45) is 1.76. The first-order valence-corrected chi connectivity index (χ1v) is 10.1. The molecule has 1 aromatic carbocycles. The topological polar surface area (TPSA) is 88.2 Å². The van der Waals surface area contributed by atoms with E-state index in [1.54, 1.807) is 0 Å². The van der Waals surface area contributed by atoms with Crippen molar-refractivity contribution in [1.82, 2.24) is 24.8 Å². The molecule has 1 aliphatic heterocycles. The fourth-order valence-electron chi connectivity index (χ4n) is 3.64. The number of nitrogen functional groups attached to an aromatic ring is 1. The average Bonchev–Trinajstić information content (AvgIpc) is 2.74. The molecule has 1 amide bonds. The molecule has 0 bridgehead atoms. The maximum absolute atomic E-state index is 12.7. The highest BCUT2D eigenvalue weighted by atomic mass is 16.2. The number of fused-ring (bicyclic) bond motifs is 1. The summed E-state index contributed by atoms with van der Waals surface area (Å²) in [5.74, 6) is 0.368. The highest BCUT2D eigenvalue weighted by Crippen LogP contribution is 2.23. The SMILES string of the molecule is CCCc1nc(N)nc2ccc(-c3ccc(C(=O)N4CCN(C)CC4)cc3)nc12. The molecule has 0 unspecified atom stereocenters. The Balaban J connectivity index is 1.60. The van der Waals surface area contributed by atoms with Gasteiger partial charge in [-0.3, -0.25) is 4.79 Å². The van der Waals surface area contributed by atoms with E-state index in [1.165, 1.54) is 0 Å². The second-order valence-electron chi connectivity index (χ2n) is 7.52. The Hall–Kier alpha value is -3.06. The summed E-state index contributed by atoms with van der Waals surface area (Å²) in [7, 11) is 2.08. The van der Waals surface area contributed by atoms with Gasteiger partial charge in [0.25, 0.3) is 5.91 Å². The molecule has 1 aliphatic rings. The van der Waals surface area contributed by atoms with Gasteiger partial charge in [0.05, 0.1) is 16.9 Å². The number of aryl methyl sites for hydroxylation is 1. The molecule has 0 spiro atoms. The molecular weight excluding hydrogens is 364 g/mol. The number of pyridine rings is 1. The van der Waals surface area contributed by atoms with E-state index in [0.717, 1.165) is 67.0 Å². The lowest BCUT2D eigenvalue weighted by Crippen LogP contribution is -2.47. The van der Waals surface area contributed by atoms with Gasteiger partial charge in [-0.25, -0.2) is 15.0 Å². The van der Waals surface area contributed by atoms with Crippen molar-refractivity contribution in [3.63, 3.8) is 0 Å². The van der Waals surface area contributed by atoms with Gasteiger partial charge in [0.15, 0.2) is 0 Å². The number of nitrogens with zero attached hydrogens (tertiary/aromatic N) is 5. The minimum atomic E-state index is 0.0882. The standard InChI is InChI=1S/C22H26N6O/c1-3-4-18-20-19(26-22(23)25-18)10-9-17(24-20)15-5-7-16(8-6-15)21(29)28-13-11-27(2)12-14-28/h5-10H,3-4,11-14H2,1-2H3,(H2,23,25,26). The highest BCUT2D eigenvalue weighted by molar-refractivity contribution is 5.94. The van der Waals surface area contributed by atoms with E-state index >= 15 is 0 Å². The molecule has 0 atom stereocenters. The van der Waals surface area contributed by atoms with E-state index in [-0.39, 0.29) is 11.9 Å². The molecule has 4 rings (SSSR count). The summed E-state index contributed by atoms with van der Waals surface area (Å²) in [5, 5.41) is 0. The van der Waals surface area contributed by atoms with Crippen molar-refractivity contribution in [2.75, 3.05) is 39.0 Å². The largest absolute Gasteiger partial charge is 0.368 e. The molecule has 150 valence electrons. The van der Waals surface area contributed by atoms with Crippen LogP contribution in [0.1, 0.15) is 29.4 Å². The van der Waals surface area contributed by atoms with Crippen molar-refractivity contribution in [3.05, 3.63) is 47.7 Å². The number of aromatic nitrogens is 3. The van der Waals surface area contributed by atoms with E-state index in [4.69, 9.17) is 10.7 Å². The van der Waals surface area contributed by atoms with E-state index in [0.29, 0.717) is 5.56 Å². The quantitative estimate of drug-likeness (QED) is 0.737. The molecule has 29 heavy (non-hydrogen) atoms. The third-order valence-corrected chi connectivity index (χ3v) is 5.34. The molecule has 0 aliphatic carbocycles.